The molecular weight excluding hydrogens is 512 g/mol. The van der Waals surface area contributed by atoms with Crippen LogP contribution < -0.4 is 4.90 Å². The summed E-state index contributed by atoms with van der Waals surface area (Å²) >= 11 is 0. The first-order chi connectivity index (χ1) is 19.8. The third-order valence-electron chi connectivity index (χ3n) is 12.0. The van der Waals surface area contributed by atoms with Crippen molar-refractivity contribution in [3.63, 3.8) is 0 Å². The maximum Gasteiger partial charge on any atom is 0.302 e. The monoisotopic (exact) mass is 558 g/mol. The molecule has 0 N–H and O–H groups in total. The highest BCUT2D eigenvalue weighted by molar-refractivity contribution is 5.66. The molecule has 0 radical (unpaired) electrons. The molecule has 6 nitrogen and oxygen atoms in total. The van der Waals surface area contributed by atoms with Gasteiger partial charge in [0.1, 0.15) is 11.8 Å². The lowest BCUT2D eigenvalue weighted by Crippen LogP contribution is -2.53. The standard InChI is InChI=1S/C35H46N2O4/c1-23(38)40-31-12-11-28-27-10-9-26-22-25(13-15-34(26,2)29(27)14-16-35(28,31)3)32-36-30(21-24-7-5-4-6-8-24)33(41-32)37-17-19-39-20-18-37/h4-8,13,26-29,31H,9-12,14-22H2,1-3H3/t26-,27-,28-,29-,31-,34-,35-/m0/s1. The summed E-state index contributed by atoms with van der Waals surface area (Å²) in [5, 5.41) is 0. The van der Waals surface area contributed by atoms with E-state index in [-0.39, 0.29) is 17.5 Å². The zero-order valence-corrected chi connectivity index (χ0v) is 25.1. The smallest absolute Gasteiger partial charge is 0.302 e. The summed E-state index contributed by atoms with van der Waals surface area (Å²) < 4.78 is 18.2. The number of carbonyl (C=O) groups is 1. The summed E-state index contributed by atoms with van der Waals surface area (Å²) in [5.74, 6) is 4.48. The van der Waals surface area contributed by atoms with Crippen molar-refractivity contribution in [1.29, 1.82) is 0 Å². The maximum absolute atomic E-state index is 11.8. The predicted octanol–water partition coefficient (Wildman–Crippen LogP) is 7.07. The third kappa shape index (κ3) is 4.74. The minimum Gasteiger partial charge on any atom is -0.462 e. The van der Waals surface area contributed by atoms with Crippen LogP contribution in [-0.4, -0.2) is 43.4 Å². The molecule has 2 heterocycles. The number of oxazole rings is 1. The molecule has 0 spiro atoms. The van der Waals surface area contributed by atoms with Gasteiger partial charge in [0, 0.05) is 37.4 Å². The minimum atomic E-state index is -0.116. The summed E-state index contributed by atoms with van der Waals surface area (Å²) in [6.45, 7) is 9.72. The molecule has 0 amide bonds. The molecule has 0 bridgehead atoms. The van der Waals surface area contributed by atoms with Gasteiger partial charge in [-0.25, -0.2) is 4.98 Å². The minimum absolute atomic E-state index is 0.102. The van der Waals surface area contributed by atoms with E-state index >= 15 is 0 Å². The second kappa shape index (κ2) is 10.6. The summed E-state index contributed by atoms with van der Waals surface area (Å²) in [6.07, 6.45) is 12.8. The molecule has 2 aromatic rings. The van der Waals surface area contributed by atoms with Crippen LogP contribution in [0.25, 0.3) is 5.57 Å². The lowest BCUT2D eigenvalue weighted by atomic mass is 9.45. The quantitative estimate of drug-likeness (QED) is 0.366. The van der Waals surface area contributed by atoms with Crippen molar-refractivity contribution in [2.45, 2.75) is 84.7 Å². The number of hydrogen-bond acceptors (Lipinski definition) is 6. The third-order valence-corrected chi connectivity index (χ3v) is 12.0. The highest BCUT2D eigenvalue weighted by atomic mass is 16.5. The van der Waals surface area contributed by atoms with Crippen molar-refractivity contribution < 1.29 is 18.7 Å². The van der Waals surface area contributed by atoms with Crippen LogP contribution in [0.1, 0.15) is 89.3 Å². The molecule has 220 valence electrons. The van der Waals surface area contributed by atoms with Crippen molar-refractivity contribution in [3.8, 4) is 0 Å². The van der Waals surface area contributed by atoms with Gasteiger partial charge >= 0.3 is 5.97 Å². The van der Waals surface area contributed by atoms with E-state index < -0.39 is 0 Å². The van der Waals surface area contributed by atoms with Crippen LogP contribution in [0.4, 0.5) is 5.88 Å². The Hall–Kier alpha value is -2.60. The number of anilines is 1. The van der Waals surface area contributed by atoms with Crippen LogP contribution in [0.2, 0.25) is 0 Å². The van der Waals surface area contributed by atoms with E-state index in [9.17, 15) is 4.79 Å². The van der Waals surface area contributed by atoms with Crippen LogP contribution in [0.3, 0.4) is 0 Å². The van der Waals surface area contributed by atoms with Crippen molar-refractivity contribution in [2.75, 3.05) is 31.2 Å². The number of benzene rings is 1. The molecule has 3 saturated carbocycles. The molecular formula is C35H46N2O4. The predicted molar refractivity (Wildman–Crippen MR) is 159 cm³/mol. The Morgan fingerprint density at radius 1 is 1.02 bits per heavy atom. The van der Waals surface area contributed by atoms with Crippen molar-refractivity contribution in [1.82, 2.24) is 4.98 Å². The fourth-order valence-corrected chi connectivity index (χ4v) is 9.80. The number of carbonyl (C=O) groups excluding carboxylic acids is 1. The van der Waals surface area contributed by atoms with Crippen LogP contribution >= 0.6 is 0 Å². The summed E-state index contributed by atoms with van der Waals surface area (Å²) in [7, 11) is 0. The number of rotatable bonds is 5. The summed E-state index contributed by atoms with van der Waals surface area (Å²) in [5.41, 5.74) is 4.07. The number of fused-ring (bicyclic) bond motifs is 5. The normalized spacial score (nSPS) is 36.6. The molecule has 4 fully saturated rings. The van der Waals surface area contributed by atoms with E-state index in [0.29, 0.717) is 17.3 Å². The fraction of sp³-hybridized carbons (Fsp3) is 0.657. The van der Waals surface area contributed by atoms with Gasteiger partial charge in [-0.05, 0) is 86.0 Å². The molecule has 1 saturated heterocycles. The number of allylic oxidation sites excluding steroid dienone is 2. The Balaban J connectivity index is 1.13. The van der Waals surface area contributed by atoms with Gasteiger partial charge in [-0.1, -0.05) is 50.3 Å². The SMILES string of the molecule is CC(=O)O[C@H]1CC[C@H]2[C@@H]3CC[C@H]4CC(c5nc(Cc6ccccc6)c(N6CCOCC6)o5)=CC[C@]4(C)[C@H]3CC[C@]12C. The molecule has 6 heteroatoms. The Labute approximate surface area is 244 Å². The summed E-state index contributed by atoms with van der Waals surface area (Å²) in [4.78, 5) is 19.3. The molecule has 0 unspecified atom stereocenters. The average molecular weight is 559 g/mol. The Kier molecular flexibility index (Phi) is 7.04. The highest BCUT2D eigenvalue weighted by Gasteiger charge is 2.60. The van der Waals surface area contributed by atoms with Crippen LogP contribution in [-0.2, 0) is 20.7 Å². The molecule has 1 aromatic heterocycles. The number of esters is 1. The lowest BCUT2D eigenvalue weighted by Gasteiger charge is -2.59. The number of morpholine rings is 1. The second-order valence-corrected chi connectivity index (χ2v) is 14.0. The lowest BCUT2D eigenvalue weighted by molar-refractivity contribution is -0.159. The van der Waals surface area contributed by atoms with Crippen LogP contribution in [0.5, 0.6) is 0 Å². The number of hydrogen-bond donors (Lipinski definition) is 0. The van der Waals surface area contributed by atoms with Crippen molar-refractivity contribution in [3.05, 3.63) is 53.6 Å². The van der Waals surface area contributed by atoms with Gasteiger partial charge in [0.05, 0.1) is 13.2 Å². The Morgan fingerprint density at radius 2 is 1.80 bits per heavy atom. The van der Waals surface area contributed by atoms with Gasteiger partial charge in [0.15, 0.2) is 0 Å². The molecule has 7 rings (SSSR count). The molecule has 4 aliphatic carbocycles. The first-order valence-corrected chi connectivity index (χ1v) is 16.1. The largest absolute Gasteiger partial charge is 0.462 e. The Bertz CT molecular complexity index is 1300. The second-order valence-electron chi connectivity index (χ2n) is 14.0. The van der Waals surface area contributed by atoms with E-state index in [1.165, 1.54) is 43.2 Å². The molecule has 5 aliphatic rings. The van der Waals surface area contributed by atoms with E-state index in [1.807, 2.05) is 0 Å². The van der Waals surface area contributed by atoms with E-state index in [4.69, 9.17) is 18.9 Å². The van der Waals surface area contributed by atoms with E-state index in [2.05, 4.69) is 55.2 Å². The average Bonchev–Trinajstić information content (AvgIpc) is 3.54. The van der Waals surface area contributed by atoms with Crippen LogP contribution in [0, 0.1) is 34.5 Å². The van der Waals surface area contributed by atoms with E-state index in [1.54, 1.807) is 6.92 Å². The van der Waals surface area contributed by atoms with E-state index in [0.717, 1.165) is 81.3 Å². The van der Waals surface area contributed by atoms with Crippen molar-refractivity contribution in [2.24, 2.45) is 34.5 Å². The van der Waals surface area contributed by atoms with Gasteiger partial charge < -0.3 is 18.8 Å². The number of aromatic nitrogens is 1. The number of ether oxygens (including phenoxy) is 2. The zero-order chi connectivity index (χ0) is 28.2. The van der Waals surface area contributed by atoms with Gasteiger partial charge in [0.25, 0.3) is 0 Å². The molecule has 7 atom stereocenters. The molecule has 1 aliphatic heterocycles. The van der Waals surface area contributed by atoms with Gasteiger partial charge in [0.2, 0.25) is 11.8 Å². The number of nitrogens with zero attached hydrogens (tertiary/aromatic N) is 2. The van der Waals surface area contributed by atoms with Gasteiger partial charge in [-0.2, -0.15) is 0 Å². The van der Waals surface area contributed by atoms with Crippen LogP contribution in [0.15, 0.2) is 40.8 Å². The fourth-order valence-electron chi connectivity index (χ4n) is 9.80. The topological polar surface area (TPSA) is 64.8 Å². The zero-order valence-electron chi connectivity index (χ0n) is 25.1. The first kappa shape index (κ1) is 27.2. The highest BCUT2D eigenvalue weighted by Crippen LogP contribution is 2.66. The first-order valence-electron chi connectivity index (χ1n) is 16.1. The van der Waals surface area contributed by atoms with Gasteiger partial charge in [-0.3, -0.25) is 4.79 Å². The van der Waals surface area contributed by atoms with Crippen molar-refractivity contribution >= 4 is 17.4 Å². The molecule has 41 heavy (non-hydrogen) atoms. The summed E-state index contributed by atoms with van der Waals surface area (Å²) in [6, 6.07) is 10.6. The molecule has 1 aromatic carbocycles. The van der Waals surface area contributed by atoms with Gasteiger partial charge in [-0.15, -0.1) is 0 Å². The maximum atomic E-state index is 11.8. The Morgan fingerprint density at radius 3 is 2.59 bits per heavy atom.